The first-order valence-electron chi connectivity index (χ1n) is 8.97. The minimum Gasteiger partial charge on any atom is -0.487 e. The summed E-state index contributed by atoms with van der Waals surface area (Å²) < 4.78 is 30.5. The lowest BCUT2D eigenvalue weighted by Gasteiger charge is -2.13. The summed E-state index contributed by atoms with van der Waals surface area (Å²) in [4.78, 5) is 13.2. The van der Waals surface area contributed by atoms with Crippen molar-refractivity contribution in [2.24, 2.45) is 0 Å². The summed E-state index contributed by atoms with van der Waals surface area (Å²) in [6.07, 6.45) is 3.50. The van der Waals surface area contributed by atoms with Crippen LogP contribution in [0.25, 0.3) is 11.1 Å². The number of hydrogen-bond donors (Lipinski definition) is 0. The second kappa shape index (κ2) is 8.39. The summed E-state index contributed by atoms with van der Waals surface area (Å²) in [7, 11) is -3.29. The maximum atomic E-state index is 13.0. The van der Waals surface area contributed by atoms with Crippen LogP contribution in [0.1, 0.15) is 18.9 Å². The third-order valence-corrected chi connectivity index (χ3v) is 5.35. The van der Waals surface area contributed by atoms with Gasteiger partial charge in [0.05, 0.1) is 24.2 Å². The molecule has 2 aromatic carbocycles. The van der Waals surface area contributed by atoms with Crippen LogP contribution in [-0.4, -0.2) is 31.1 Å². The molecule has 0 amide bonds. The Morgan fingerprint density at radius 1 is 1.04 bits per heavy atom. The van der Waals surface area contributed by atoms with Gasteiger partial charge in [0.25, 0.3) is 0 Å². The van der Waals surface area contributed by atoms with Gasteiger partial charge in [-0.2, -0.15) is 5.10 Å². The van der Waals surface area contributed by atoms with E-state index < -0.39 is 9.84 Å². The number of ether oxygens (including phenoxy) is 1. The first-order valence-corrected chi connectivity index (χ1v) is 10.9. The fourth-order valence-electron chi connectivity index (χ4n) is 2.77. The van der Waals surface area contributed by atoms with E-state index in [9.17, 15) is 13.2 Å². The summed E-state index contributed by atoms with van der Waals surface area (Å²) in [5.41, 5.74) is 1.86. The Hall–Kier alpha value is -2.93. The zero-order valence-corrected chi connectivity index (χ0v) is 16.6. The van der Waals surface area contributed by atoms with Crippen LogP contribution < -0.4 is 10.3 Å². The van der Waals surface area contributed by atoms with Crippen molar-refractivity contribution < 1.29 is 13.2 Å². The molecule has 6 nitrogen and oxygen atoms in total. The quantitative estimate of drug-likeness (QED) is 0.611. The van der Waals surface area contributed by atoms with Crippen LogP contribution in [0, 0.1) is 0 Å². The second-order valence-electron chi connectivity index (χ2n) is 6.48. The molecule has 3 aromatic rings. The van der Waals surface area contributed by atoms with E-state index in [0.717, 1.165) is 18.2 Å². The van der Waals surface area contributed by atoms with Crippen molar-refractivity contribution in [3.05, 3.63) is 76.7 Å². The first kappa shape index (κ1) is 19.8. The highest BCUT2D eigenvalue weighted by Crippen LogP contribution is 2.27. The zero-order valence-electron chi connectivity index (χ0n) is 15.8. The monoisotopic (exact) mass is 398 g/mol. The standard InChI is InChI=1S/C21H22N2O4S/c1-3-13-27-20-19(17-9-11-18(12-10-17)28(2,25)26)14-22-23(21(20)24)15-16-7-5-4-6-8-16/h4-12,14H,3,13,15H2,1-2H3. The number of hydrogen-bond acceptors (Lipinski definition) is 5. The lowest BCUT2D eigenvalue weighted by atomic mass is 10.1. The lowest BCUT2D eigenvalue weighted by Crippen LogP contribution is -2.25. The van der Waals surface area contributed by atoms with Gasteiger partial charge in [0.15, 0.2) is 15.6 Å². The van der Waals surface area contributed by atoms with Crippen LogP contribution >= 0.6 is 0 Å². The normalized spacial score (nSPS) is 11.4. The van der Waals surface area contributed by atoms with Gasteiger partial charge in [-0.25, -0.2) is 13.1 Å². The van der Waals surface area contributed by atoms with E-state index in [4.69, 9.17) is 4.74 Å². The van der Waals surface area contributed by atoms with Crippen molar-refractivity contribution in [1.29, 1.82) is 0 Å². The van der Waals surface area contributed by atoms with Crippen LogP contribution in [0.4, 0.5) is 0 Å². The molecular weight excluding hydrogens is 376 g/mol. The Morgan fingerprint density at radius 2 is 1.71 bits per heavy atom. The maximum absolute atomic E-state index is 13.0. The van der Waals surface area contributed by atoms with Gasteiger partial charge in [0, 0.05) is 11.8 Å². The second-order valence-corrected chi connectivity index (χ2v) is 8.50. The Balaban J connectivity index is 2.03. The maximum Gasteiger partial charge on any atom is 0.310 e. The molecule has 0 saturated carbocycles. The van der Waals surface area contributed by atoms with Gasteiger partial charge in [-0.1, -0.05) is 49.4 Å². The van der Waals surface area contributed by atoms with Crippen LogP contribution in [-0.2, 0) is 16.4 Å². The number of sulfone groups is 1. The summed E-state index contributed by atoms with van der Waals surface area (Å²) in [6, 6.07) is 15.9. The minimum atomic E-state index is -3.29. The third-order valence-electron chi connectivity index (χ3n) is 4.22. The topological polar surface area (TPSA) is 78.3 Å². The molecule has 146 valence electrons. The van der Waals surface area contributed by atoms with Crippen LogP contribution in [0.2, 0.25) is 0 Å². The molecule has 7 heteroatoms. The van der Waals surface area contributed by atoms with Crippen LogP contribution in [0.15, 0.2) is 70.5 Å². The highest BCUT2D eigenvalue weighted by molar-refractivity contribution is 7.90. The molecular formula is C21H22N2O4S. The van der Waals surface area contributed by atoms with E-state index in [2.05, 4.69) is 5.10 Å². The van der Waals surface area contributed by atoms with Crippen LogP contribution in [0.3, 0.4) is 0 Å². The van der Waals surface area contributed by atoms with Gasteiger partial charge in [0.2, 0.25) is 0 Å². The molecule has 0 bridgehead atoms. The van der Waals surface area contributed by atoms with Gasteiger partial charge >= 0.3 is 5.56 Å². The third kappa shape index (κ3) is 4.48. The molecule has 0 saturated heterocycles. The highest BCUT2D eigenvalue weighted by atomic mass is 32.2. The first-order chi connectivity index (χ1) is 13.4. The lowest BCUT2D eigenvalue weighted by molar-refractivity contribution is 0.310. The molecule has 1 heterocycles. The predicted octanol–water partition coefficient (Wildman–Crippen LogP) is 3.15. The van der Waals surface area contributed by atoms with E-state index in [1.165, 1.54) is 16.8 Å². The summed E-state index contributed by atoms with van der Waals surface area (Å²) in [5, 5.41) is 4.30. The van der Waals surface area contributed by atoms with Crippen molar-refractivity contribution in [2.45, 2.75) is 24.8 Å². The number of aromatic nitrogens is 2. The summed E-state index contributed by atoms with van der Waals surface area (Å²) in [5.74, 6) is 0.222. The Kier molecular flexibility index (Phi) is 5.94. The fraction of sp³-hybridized carbons (Fsp3) is 0.238. The molecule has 0 fully saturated rings. The van der Waals surface area contributed by atoms with Gasteiger partial charge in [-0.3, -0.25) is 4.79 Å². The Bertz CT molecular complexity index is 1110. The van der Waals surface area contributed by atoms with Gasteiger partial charge in [0.1, 0.15) is 0 Å². The molecule has 0 unspecified atom stereocenters. The van der Waals surface area contributed by atoms with Crippen molar-refractivity contribution >= 4 is 9.84 Å². The SMILES string of the molecule is CCCOc1c(-c2ccc(S(C)(=O)=O)cc2)cnn(Cc2ccccc2)c1=O. The fourth-order valence-corrected chi connectivity index (χ4v) is 3.40. The largest absolute Gasteiger partial charge is 0.487 e. The van der Waals surface area contributed by atoms with E-state index in [-0.39, 0.29) is 16.2 Å². The molecule has 28 heavy (non-hydrogen) atoms. The van der Waals surface area contributed by atoms with Crippen molar-refractivity contribution in [3.63, 3.8) is 0 Å². The molecule has 0 radical (unpaired) electrons. The minimum absolute atomic E-state index is 0.220. The average molecular weight is 398 g/mol. The molecule has 0 spiro atoms. The smallest absolute Gasteiger partial charge is 0.310 e. The molecule has 0 atom stereocenters. The molecule has 1 aromatic heterocycles. The van der Waals surface area contributed by atoms with Gasteiger partial charge < -0.3 is 4.74 Å². The number of benzene rings is 2. The Morgan fingerprint density at radius 3 is 2.32 bits per heavy atom. The average Bonchev–Trinajstić information content (AvgIpc) is 2.69. The van der Waals surface area contributed by atoms with E-state index in [0.29, 0.717) is 24.3 Å². The molecule has 0 aliphatic carbocycles. The number of nitrogens with zero attached hydrogens (tertiary/aromatic N) is 2. The number of rotatable bonds is 7. The predicted molar refractivity (Wildman–Crippen MR) is 108 cm³/mol. The van der Waals surface area contributed by atoms with Gasteiger partial charge in [-0.15, -0.1) is 0 Å². The van der Waals surface area contributed by atoms with Crippen molar-refractivity contribution in [1.82, 2.24) is 9.78 Å². The van der Waals surface area contributed by atoms with Crippen molar-refractivity contribution in [3.8, 4) is 16.9 Å². The molecule has 0 aliphatic heterocycles. The summed E-state index contributed by atoms with van der Waals surface area (Å²) in [6.45, 7) is 2.71. The van der Waals surface area contributed by atoms with Crippen LogP contribution in [0.5, 0.6) is 5.75 Å². The van der Waals surface area contributed by atoms with E-state index in [1.807, 2.05) is 37.3 Å². The Labute approximate surface area is 164 Å². The highest BCUT2D eigenvalue weighted by Gasteiger charge is 2.16. The van der Waals surface area contributed by atoms with E-state index in [1.54, 1.807) is 18.3 Å². The van der Waals surface area contributed by atoms with Gasteiger partial charge in [-0.05, 0) is 29.7 Å². The van der Waals surface area contributed by atoms with Crippen molar-refractivity contribution in [2.75, 3.05) is 12.9 Å². The van der Waals surface area contributed by atoms with E-state index >= 15 is 0 Å². The zero-order chi connectivity index (χ0) is 20.1. The summed E-state index contributed by atoms with van der Waals surface area (Å²) >= 11 is 0. The molecule has 3 rings (SSSR count). The molecule has 0 aliphatic rings. The molecule has 0 N–H and O–H groups in total.